The van der Waals surface area contributed by atoms with E-state index in [0.29, 0.717) is 10.8 Å². The quantitative estimate of drug-likeness (QED) is 0.764. The Morgan fingerprint density at radius 1 is 0.929 bits per heavy atom. The number of carbonyl (C=O) groups is 4. The van der Waals surface area contributed by atoms with E-state index in [1.54, 1.807) is 24.3 Å². The number of amides is 3. The first-order valence-corrected chi connectivity index (χ1v) is 8.63. The molecule has 0 fully saturated rings. The molecule has 8 heteroatoms. The first kappa shape index (κ1) is 17.6. The third-order valence-corrected chi connectivity index (χ3v) is 4.48. The zero-order valence-electron chi connectivity index (χ0n) is 14.9. The molecule has 0 N–H and O–H groups in total. The summed E-state index contributed by atoms with van der Waals surface area (Å²) in [6, 6.07) is 13.3. The van der Waals surface area contributed by atoms with Crippen LogP contribution in [0.3, 0.4) is 0 Å². The second-order valence-corrected chi connectivity index (χ2v) is 6.42. The molecule has 0 saturated carbocycles. The third kappa shape index (κ3) is 2.94. The van der Waals surface area contributed by atoms with E-state index in [0.717, 1.165) is 10.6 Å². The Kier molecular flexibility index (Phi) is 4.23. The molecule has 0 radical (unpaired) electrons. The lowest BCUT2D eigenvalue weighted by Gasteiger charge is -2.23. The van der Waals surface area contributed by atoms with Gasteiger partial charge >= 0.3 is 5.97 Å². The summed E-state index contributed by atoms with van der Waals surface area (Å²) < 4.78 is 0. The highest BCUT2D eigenvalue weighted by Gasteiger charge is 2.40. The fourth-order valence-corrected chi connectivity index (χ4v) is 2.97. The molecule has 8 nitrogen and oxygen atoms in total. The highest BCUT2D eigenvalue weighted by atomic mass is 16.7. The smallest absolute Gasteiger partial charge is 0.323 e. The van der Waals surface area contributed by atoms with Crippen LogP contribution in [-0.4, -0.2) is 34.5 Å². The van der Waals surface area contributed by atoms with Gasteiger partial charge in [-0.25, -0.2) is 9.80 Å². The minimum Gasteiger partial charge on any atom is -0.323 e. The number of hydroxylamine groups is 2. The van der Waals surface area contributed by atoms with Crippen LogP contribution in [0.2, 0.25) is 0 Å². The Labute approximate surface area is 159 Å². The number of hydrogen-bond donors (Lipinski definition) is 0. The van der Waals surface area contributed by atoms with Gasteiger partial charge in [0, 0.05) is 12.8 Å². The van der Waals surface area contributed by atoms with Gasteiger partial charge in [-0.3, -0.25) is 14.4 Å². The molecule has 28 heavy (non-hydrogen) atoms. The fraction of sp³-hybridized carbons (Fsp3) is 0.150. The van der Waals surface area contributed by atoms with Crippen LogP contribution >= 0.6 is 0 Å². The predicted molar refractivity (Wildman–Crippen MR) is 98.4 cm³/mol. The minimum absolute atomic E-state index is 0.0447. The standard InChI is InChI=1S/C20H15N3O5/c1-12-6-8-13(9-7-12)22-17(24)11-10-16(21-22)20(27)28-23-18(25)14-4-2-3-5-15(14)19(23)26/h2-9H,10-11H2,1H3. The maximum atomic E-state index is 12.5. The average molecular weight is 377 g/mol. The summed E-state index contributed by atoms with van der Waals surface area (Å²) in [6.45, 7) is 1.91. The molecule has 3 amide bonds. The highest BCUT2D eigenvalue weighted by molar-refractivity contribution is 6.38. The summed E-state index contributed by atoms with van der Waals surface area (Å²) in [5.74, 6) is -2.63. The zero-order chi connectivity index (χ0) is 19.8. The number of rotatable bonds is 3. The Morgan fingerprint density at radius 3 is 2.14 bits per heavy atom. The van der Waals surface area contributed by atoms with Gasteiger partial charge in [-0.2, -0.15) is 5.10 Å². The van der Waals surface area contributed by atoms with Crippen molar-refractivity contribution in [2.24, 2.45) is 5.10 Å². The van der Waals surface area contributed by atoms with E-state index in [1.165, 1.54) is 12.1 Å². The number of hydrazone groups is 1. The second-order valence-electron chi connectivity index (χ2n) is 6.42. The highest BCUT2D eigenvalue weighted by Crippen LogP contribution is 2.24. The topological polar surface area (TPSA) is 96.3 Å². The normalized spacial score (nSPS) is 16.2. The van der Waals surface area contributed by atoms with Crippen molar-refractivity contribution < 1.29 is 24.0 Å². The summed E-state index contributed by atoms with van der Waals surface area (Å²) in [4.78, 5) is 54.4. The monoisotopic (exact) mass is 377 g/mol. The molecule has 0 spiro atoms. The van der Waals surface area contributed by atoms with Crippen molar-refractivity contribution >= 4 is 35.1 Å². The number of carbonyl (C=O) groups excluding carboxylic acids is 4. The largest absolute Gasteiger partial charge is 0.379 e. The van der Waals surface area contributed by atoms with Crippen LogP contribution in [0, 0.1) is 6.92 Å². The maximum absolute atomic E-state index is 12.5. The Bertz CT molecular complexity index is 1010. The van der Waals surface area contributed by atoms with Crippen LogP contribution in [0.5, 0.6) is 0 Å². The van der Waals surface area contributed by atoms with Gasteiger partial charge in [-0.05, 0) is 31.2 Å². The molecule has 2 aliphatic heterocycles. The fourth-order valence-electron chi connectivity index (χ4n) is 2.97. The zero-order valence-corrected chi connectivity index (χ0v) is 14.9. The molecule has 0 atom stereocenters. The minimum atomic E-state index is -0.945. The van der Waals surface area contributed by atoms with Crippen LogP contribution in [0.15, 0.2) is 53.6 Å². The van der Waals surface area contributed by atoms with Gasteiger partial charge in [0.15, 0.2) is 0 Å². The maximum Gasteiger partial charge on any atom is 0.379 e. The van der Waals surface area contributed by atoms with E-state index >= 15 is 0 Å². The Morgan fingerprint density at radius 2 is 1.54 bits per heavy atom. The van der Waals surface area contributed by atoms with E-state index < -0.39 is 17.8 Å². The van der Waals surface area contributed by atoms with Gasteiger partial charge in [0.1, 0.15) is 5.71 Å². The molecule has 4 rings (SSSR count). The predicted octanol–water partition coefficient (Wildman–Crippen LogP) is 2.23. The van der Waals surface area contributed by atoms with Gasteiger partial charge in [0.25, 0.3) is 11.8 Å². The van der Waals surface area contributed by atoms with Crippen molar-refractivity contribution in [1.29, 1.82) is 0 Å². The lowest BCUT2D eigenvalue weighted by Crippen LogP contribution is -2.39. The van der Waals surface area contributed by atoms with Crippen molar-refractivity contribution in [1.82, 2.24) is 5.06 Å². The molecule has 2 aliphatic rings. The molecule has 2 aromatic carbocycles. The number of nitrogens with zero attached hydrogens (tertiary/aromatic N) is 3. The van der Waals surface area contributed by atoms with Crippen molar-refractivity contribution in [3.05, 3.63) is 65.2 Å². The molecular weight excluding hydrogens is 362 g/mol. The molecule has 140 valence electrons. The van der Waals surface area contributed by atoms with E-state index in [4.69, 9.17) is 4.84 Å². The van der Waals surface area contributed by atoms with Crippen molar-refractivity contribution in [3.63, 3.8) is 0 Å². The number of hydrogen-bond acceptors (Lipinski definition) is 6. The SMILES string of the molecule is Cc1ccc(N2N=C(C(=O)ON3C(=O)c4ccccc4C3=O)CCC2=O)cc1. The Balaban J connectivity index is 1.56. The van der Waals surface area contributed by atoms with Crippen molar-refractivity contribution in [2.45, 2.75) is 19.8 Å². The van der Waals surface area contributed by atoms with Gasteiger partial charge in [-0.15, -0.1) is 0 Å². The number of benzene rings is 2. The van der Waals surface area contributed by atoms with Gasteiger partial charge in [-0.1, -0.05) is 34.9 Å². The van der Waals surface area contributed by atoms with E-state index in [-0.39, 0.29) is 35.6 Å². The summed E-state index contributed by atoms with van der Waals surface area (Å²) in [5, 5.41) is 5.64. The molecule has 0 aromatic heterocycles. The average Bonchev–Trinajstić information content (AvgIpc) is 2.94. The Hall–Kier alpha value is -3.81. The number of aryl methyl sites for hydroxylation is 1. The van der Waals surface area contributed by atoms with Crippen LogP contribution in [0.25, 0.3) is 0 Å². The lowest BCUT2D eigenvalue weighted by molar-refractivity contribution is -0.159. The molecule has 0 bridgehead atoms. The van der Waals surface area contributed by atoms with E-state index in [1.807, 2.05) is 19.1 Å². The second kappa shape index (κ2) is 6.73. The summed E-state index contributed by atoms with van der Waals surface area (Å²) in [5.41, 5.74) is 1.82. The summed E-state index contributed by atoms with van der Waals surface area (Å²) in [7, 11) is 0. The van der Waals surface area contributed by atoms with Crippen LogP contribution in [-0.2, 0) is 14.4 Å². The first-order chi connectivity index (χ1) is 13.5. The van der Waals surface area contributed by atoms with Crippen molar-refractivity contribution in [3.8, 4) is 0 Å². The molecule has 0 saturated heterocycles. The van der Waals surface area contributed by atoms with Crippen LogP contribution < -0.4 is 5.01 Å². The van der Waals surface area contributed by atoms with Crippen molar-refractivity contribution in [2.75, 3.05) is 5.01 Å². The van der Waals surface area contributed by atoms with Crippen LogP contribution in [0.1, 0.15) is 39.1 Å². The number of fused-ring (bicyclic) bond motifs is 1. The van der Waals surface area contributed by atoms with Gasteiger partial charge < -0.3 is 4.84 Å². The molecule has 2 aromatic rings. The lowest BCUT2D eigenvalue weighted by atomic mass is 10.1. The van der Waals surface area contributed by atoms with Gasteiger partial charge in [0.2, 0.25) is 5.91 Å². The molecule has 0 aliphatic carbocycles. The van der Waals surface area contributed by atoms with Crippen LogP contribution in [0.4, 0.5) is 5.69 Å². The molecule has 0 unspecified atom stereocenters. The first-order valence-electron chi connectivity index (χ1n) is 8.63. The van der Waals surface area contributed by atoms with E-state index in [2.05, 4.69) is 5.10 Å². The summed E-state index contributed by atoms with van der Waals surface area (Å²) >= 11 is 0. The van der Waals surface area contributed by atoms with Gasteiger partial charge in [0.05, 0.1) is 16.8 Å². The van der Waals surface area contributed by atoms with E-state index in [9.17, 15) is 19.2 Å². The number of anilines is 1. The third-order valence-electron chi connectivity index (χ3n) is 4.48. The number of imide groups is 1. The summed E-state index contributed by atoms with van der Waals surface area (Å²) in [6.07, 6.45) is 0.118. The molecular formula is C20H15N3O5. The molecule has 2 heterocycles.